The number of unbranched alkanes of at least 4 members (excludes halogenated alkanes) is 1. The van der Waals surface area contributed by atoms with Gasteiger partial charge in [-0.3, -0.25) is 38.9 Å². The Morgan fingerprint density at radius 1 is 1.02 bits per heavy atom. The van der Waals surface area contributed by atoms with Gasteiger partial charge >= 0.3 is 11.9 Å². The molecule has 1 aliphatic heterocycles. The van der Waals surface area contributed by atoms with E-state index in [0.717, 1.165) is 18.2 Å². The zero-order valence-electron chi connectivity index (χ0n) is 21.9. The normalized spacial score (nSPS) is 19.7. The van der Waals surface area contributed by atoms with Gasteiger partial charge in [0.2, 0.25) is 17.7 Å². The van der Waals surface area contributed by atoms with Gasteiger partial charge in [0.25, 0.3) is 11.6 Å². The Morgan fingerprint density at radius 2 is 1.71 bits per heavy atom. The van der Waals surface area contributed by atoms with Gasteiger partial charge in [0.15, 0.2) is 0 Å². The molecule has 8 N–H and O–H groups in total. The van der Waals surface area contributed by atoms with Crippen LogP contribution in [0.1, 0.15) is 48.9 Å². The number of rotatable bonds is 11. The number of hydrogen-bond donors (Lipinski definition) is 7. The third-order valence-corrected chi connectivity index (χ3v) is 5.98. The fraction of sp³-hybridized carbons (Fsp3) is 0.500. The summed E-state index contributed by atoms with van der Waals surface area (Å²) in [6, 6.07) is -0.905. The SMILES string of the molecule is NCCCC[C@@H]1NC(=O)[C@H](CCC(=O)O)NC(=O)c2cc([N+](=O)[O-])ccc2OCCC(C(=O)NCC(=O)O)NC1=O. The van der Waals surface area contributed by atoms with E-state index in [4.69, 9.17) is 20.7 Å². The molecule has 0 saturated heterocycles. The third-order valence-electron chi connectivity index (χ3n) is 5.98. The summed E-state index contributed by atoms with van der Waals surface area (Å²) in [4.78, 5) is 84.9. The van der Waals surface area contributed by atoms with Crippen LogP contribution < -0.4 is 31.7 Å². The second kappa shape index (κ2) is 15.7. The van der Waals surface area contributed by atoms with E-state index in [0.29, 0.717) is 19.4 Å². The highest BCUT2D eigenvalue weighted by Crippen LogP contribution is 2.25. The van der Waals surface area contributed by atoms with E-state index in [1.807, 2.05) is 0 Å². The van der Waals surface area contributed by atoms with E-state index in [-0.39, 0.29) is 37.2 Å². The maximum Gasteiger partial charge on any atom is 0.322 e. The Morgan fingerprint density at radius 3 is 2.34 bits per heavy atom. The minimum Gasteiger partial charge on any atom is -0.493 e. The topological polar surface area (TPSA) is 269 Å². The third kappa shape index (κ3) is 10.4. The molecule has 3 atom stereocenters. The van der Waals surface area contributed by atoms with Crippen LogP contribution in [0.5, 0.6) is 5.75 Å². The number of benzene rings is 1. The van der Waals surface area contributed by atoms with Crippen molar-refractivity contribution < 1.29 is 48.6 Å². The lowest BCUT2D eigenvalue weighted by Crippen LogP contribution is -2.57. The van der Waals surface area contributed by atoms with Crippen molar-refractivity contribution in [2.24, 2.45) is 5.73 Å². The zero-order chi connectivity index (χ0) is 30.5. The molecule has 17 heteroatoms. The van der Waals surface area contributed by atoms with Crippen LogP contribution in [-0.2, 0) is 24.0 Å². The van der Waals surface area contributed by atoms with Crippen LogP contribution in [0, 0.1) is 10.1 Å². The van der Waals surface area contributed by atoms with Crippen LogP contribution in [0.2, 0.25) is 0 Å². The predicted molar refractivity (Wildman–Crippen MR) is 139 cm³/mol. The lowest BCUT2D eigenvalue weighted by atomic mass is 10.0. The monoisotopic (exact) mass is 580 g/mol. The molecule has 0 spiro atoms. The van der Waals surface area contributed by atoms with Gasteiger partial charge in [-0.2, -0.15) is 0 Å². The van der Waals surface area contributed by atoms with Crippen molar-refractivity contribution in [3.63, 3.8) is 0 Å². The van der Waals surface area contributed by atoms with E-state index < -0.39 is 77.3 Å². The fourth-order valence-corrected chi connectivity index (χ4v) is 3.86. The molecule has 1 aromatic rings. The quantitative estimate of drug-likeness (QED) is 0.0908. The summed E-state index contributed by atoms with van der Waals surface area (Å²) < 4.78 is 5.61. The minimum atomic E-state index is -1.46. The molecule has 0 saturated carbocycles. The molecule has 0 bridgehead atoms. The molecule has 0 fully saturated rings. The zero-order valence-corrected chi connectivity index (χ0v) is 21.9. The number of aliphatic carboxylic acids is 2. The predicted octanol–water partition coefficient (Wildman–Crippen LogP) is -1.36. The number of nitrogens with two attached hydrogens (primary N) is 1. The van der Waals surface area contributed by atoms with Crippen LogP contribution in [0.4, 0.5) is 5.69 Å². The van der Waals surface area contributed by atoms with Gasteiger partial charge < -0.3 is 42.0 Å². The molecule has 224 valence electrons. The number of carboxylic acids is 2. The molecular weight excluding hydrogens is 548 g/mol. The van der Waals surface area contributed by atoms with Gasteiger partial charge in [0.05, 0.1) is 17.1 Å². The summed E-state index contributed by atoms with van der Waals surface area (Å²) in [6.45, 7) is -0.737. The Hall–Kier alpha value is -4.80. The summed E-state index contributed by atoms with van der Waals surface area (Å²) in [5.74, 6) is -6.29. The number of nitrogens with one attached hydrogen (secondary N) is 4. The Balaban J connectivity index is 2.51. The Bertz CT molecular complexity index is 1170. The largest absolute Gasteiger partial charge is 0.493 e. The van der Waals surface area contributed by atoms with E-state index in [1.54, 1.807) is 0 Å². The van der Waals surface area contributed by atoms with Crippen molar-refractivity contribution >= 4 is 41.3 Å². The molecule has 2 rings (SSSR count). The number of amides is 4. The average Bonchev–Trinajstić information content (AvgIpc) is 2.91. The molecule has 0 radical (unpaired) electrons. The number of carboxylic acid groups (broad SMARTS) is 2. The Labute approximate surface area is 233 Å². The highest BCUT2D eigenvalue weighted by Gasteiger charge is 2.31. The first kappa shape index (κ1) is 32.4. The van der Waals surface area contributed by atoms with Gasteiger partial charge in [-0.15, -0.1) is 0 Å². The van der Waals surface area contributed by atoms with Gasteiger partial charge in [0.1, 0.15) is 30.4 Å². The van der Waals surface area contributed by atoms with Gasteiger partial charge in [-0.25, -0.2) is 0 Å². The summed E-state index contributed by atoms with van der Waals surface area (Å²) in [7, 11) is 0. The molecule has 1 unspecified atom stereocenters. The summed E-state index contributed by atoms with van der Waals surface area (Å²) >= 11 is 0. The maximum absolute atomic E-state index is 13.2. The number of fused-ring (bicyclic) bond motifs is 1. The van der Waals surface area contributed by atoms with Crippen molar-refractivity contribution in [1.82, 2.24) is 21.3 Å². The van der Waals surface area contributed by atoms with E-state index in [9.17, 15) is 38.9 Å². The maximum atomic E-state index is 13.2. The standard InChI is InChI=1S/C24H32N6O11/c25-9-2-1-3-15-23(37)29-17(22(36)26-12-20(33)34)8-10-41-18-6-4-13(30(39)40)11-14(18)21(35)27-16(24(38)28-15)5-7-19(31)32/h4,6,11,15-17H,1-3,5,7-10,12,25H2,(H,26,36)(H,27,35)(H,28,38)(H,29,37)(H,31,32)(H,33,34)/t15-,16-,17?/m0/s1. The number of nitrogens with zero attached hydrogens (tertiary/aromatic N) is 1. The Kier molecular flexibility index (Phi) is 12.4. The number of nitro groups is 1. The summed E-state index contributed by atoms with van der Waals surface area (Å²) in [6.07, 6.45) is -0.174. The number of nitro benzene ring substituents is 1. The number of carbonyl (C=O) groups excluding carboxylic acids is 4. The number of ether oxygens (including phenoxy) is 1. The number of carbonyl (C=O) groups is 6. The van der Waals surface area contributed by atoms with Crippen molar-refractivity contribution in [2.45, 2.75) is 56.7 Å². The molecule has 1 heterocycles. The second-order valence-electron chi connectivity index (χ2n) is 9.05. The molecule has 41 heavy (non-hydrogen) atoms. The van der Waals surface area contributed by atoms with Gasteiger partial charge in [-0.05, 0) is 38.3 Å². The smallest absolute Gasteiger partial charge is 0.322 e. The van der Waals surface area contributed by atoms with Crippen LogP contribution in [0.25, 0.3) is 0 Å². The van der Waals surface area contributed by atoms with E-state index in [1.165, 1.54) is 0 Å². The molecule has 1 aromatic carbocycles. The van der Waals surface area contributed by atoms with E-state index in [2.05, 4.69) is 21.3 Å². The summed E-state index contributed by atoms with van der Waals surface area (Å²) in [5, 5.41) is 38.8. The highest BCUT2D eigenvalue weighted by atomic mass is 16.6. The molecule has 0 aliphatic carbocycles. The first-order valence-corrected chi connectivity index (χ1v) is 12.7. The van der Waals surface area contributed by atoms with E-state index >= 15 is 0 Å². The van der Waals surface area contributed by atoms with Crippen LogP contribution in [0.3, 0.4) is 0 Å². The minimum absolute atomic E-state index is 0.0728. The van der Waals surface area contributed by atoms with Crippen LogP contribution >= 0.6 is 0 Å². The number of hydrogen-bond acceptors (Lipinski definition) is 10. The summed E-state index contributed by atoms with van der Waals surface area (Å²) in [5.41, 5.74) is 4.72. The van der Waals surface area contributed by atoms with Crippen molar-refractivity contribution in [1.29, 1.82) is 0 Å². The molecule has 17 nitrogen and oxygen atoms in total. The average molecular weight is 581 g/mol. The van der Waals surface area contributed by atoms with Gasteiger partial charge in [-0.1, -0.05) is 0 Å². The van der Waals surface area contributed by atoms with Gasteiger partial charge in [0, 0.05) is 25.0 Å². The molecule has 4 amide bonds. The first-order valence-electron chi connectivity index (χ1n) is 12.7. The van der Waals surface area contributed by atoms with Crippen LogP contribution in [0.15, 0.2) is 18.2 Å². The lowest BCUT2D eigenvalue weighted by molar-refractivity contribution is -0.384. The molecular formula is C24H32N6O11. The van der Waals surface area contributed by atoms with Crippen molar-refractivity contribution in [3.05, 3.63) is 33.9 Å². The second-order valence-corrected chi connectivity index (χ2v) is 9.05. The lowest BCUT2D eigenvalue weighted by Gasteiger charge is -2.26. The van der Waals surface area contributed by atoms with Crippen LogP contribution in [-0.4, -0.2) is 88.5 Å². The fourth-order valence-electron chi connectivity index (χ4n) is 3.86. The first-order chi connectivity index (χ1) is 19.4. The highest BCUT2D eigenvalue weighted by molar-refractivity contribution is 6.01. The van der Waals surface area contributed by atoms with Crippen molar-refractivity contribution in [2.75, 3.05) is 19.7 Å². The molecule has 1 aliphatic rings. The number of non-ortho nitro benzene ring substituents is 1. The molecule has 0 aromatic heterocycles. The van der Waals surface area contributed by atoms with Crippen molar-refractivity contribution in [3.8, 4) is 5.75 Å².